The van der Waals surface area contributed by atoms with Crippen LogP contribution in [0.25, 0.3) is 0 Å². The SMILES string of the molecule is C=C[C@]1(C)C=C2CC[C@@H]3C(C)(C)CC(=O)C[C@@]3(C)[C@@H]2C[C@@H]1O. The number of aliphatic hydroxyl groups is 1. The number of Topliss-reactive ketones (excluding diaryl/α,β-unsaturated/α-hetero) is 1. The lowest BCUT2D eigenvalue weighted by Crippen LogP contribution is -2.54. The minimum atomic E-state index is -0.394. The summed E-state index contributed by atoms with van der Waals surface area (Å²) in [5, 5.41) is 10.7. The molecule has 22 heavy (non-hydrogen) atoms. The second-order valence-corrected chi connectivity index (χ2v) is 9.07. The number of allylic oxidation sites excluding steroid dienone is 1. The molecule has 3 rings (SSSR count). The zero-order chi connectivity index (χ0) is 16.3. The van der Waals surface area contributed by atoms with Gasteiger partial charge in [-0.1, -0.05) is 45.4 Å². The van der Waals surface area contributed by atoms with Crippen LogP contribution in [0, 0.1) is 28.1 Å². The largest absolute Gasteiger partial charge is 0.392 e. The van der Waals surface area contributed by atoms with Crippen molar-refractivity contribution in [1.29, 1.82) is 0 Å². The molecule has 0 aromatic rings. The van der Waals surface area contributed by atoms with Crippen LogP contribution in [0.4, 0.5) is 0 Å². The normalized spacial score (nSPS) is 47.2. The summed E-state index contributed by atoms with van der Waals surface area (Å²) in [6.07, 6.45) is 8.19. The van der Waals surface area contributed by atoms with Crippen molar-refractivity contribution in [3.8, 4) is 0 Å². The van der Waals surface area contributed by atoms with Gasteiger partial charge in [0.25, 0.3) is 0 Å². The van der Waals surface area contributed by atoms with Crippen LogP contribution in [0.1, 0.15) is 59.8 Å². The van der Waals surface area contributed by atoms with E-state index in [4.69, 9.17) is 0 Å². The van der Waals surface area contributed by atoms with Gasteiger partial charge in [0, 0.05) is 18.3 Å². The van der Waals surface area contributed by atoms with Crippen LogP contribution >= 0.6 is 0 Å². The third-order valence-corrected chi connectivity index (χ3v) is 7.05. The van der Waals surface area contributed by atoms with Gasteiger partial charge in [0.05, 0.1) is 6.10 Å². The second kappa shape index (κ2) is 4.80. The zero-order valence-corrected chi connectivity index (χ0v) is 14.5. The Morgan fingerprint density at radius 1 is 1.27 bits per heavy atom. The Bertz CT molecular complexity index is 544. The van der Waals surface area contributed by atoms with Gasteiger partial charge < -0.3 is 5.11 Å². The summed E-state index contributed by atoms with van der Waals surface area (Å²) in [7, 11) is 0. The molecule has 0 amide bonds. The van der Waals surface area contributed by atoms with Crippen molar-refractivity contribution < 1.29 is 9.90 Å². The highest BCUT2D eigenvalue weighted by atomic mass is 16.3. The third-order valence-electron chi connectivity index (χ3n) is 7.05. The predicted molar refractivity (Wildman–Crippen MR) is 89.4 cm³/mol. The van der Waals surface area contributed by atoms with Crippen LogP contribution in [0.15, 0.2) is 24.3 Å². The number of hydrogen-bond donors (Lipinski definition) is 1. The Hall–Kier alpha value is -0.890. The molecule has 0 saturated heterocycles. The first-order valence-corrected chi connectivity index (χ1v) is 8.67. The van der Waals surface area contributed by atoms with Crippen LogP contribution in [0.3, 0.4) is 0 Å². The van der Waals surface area contributed by atoms with E-state index in [1.807, 2.05) is 6.08 Å². The molecule has 2 nitrogen and oxygen atoms in total. The van der Waals surface area contributed by atoms with Crippen LogP contribution in [-0.2, 0) is 4.79 Å². The summed E-state index contributed by atoms with van der Waals surface area (Å²) < 4.78 is 0. The molecule has 122 valence electrons. The van der Waals surface area contributed by atoms with E-state index in [9.17, 15) is 9.90 Å². The first-order valence-electron chi connectivity index (χ1n) is 8.67. The van der Waals surface area contributed by atoms with E-state index in [2.05, 4.69) is 40.3 Å². The number of carbonyl (C=O) groups excluding carboxylic acids is 1. The Kier molecular flexibility index (Phi) is 3.49. The Morgan fingerprint density at radius 3 is 2.59 bits per heavy atom. The molecule has 0 unspecified atom stereocenters. The quantitative estimate of drug-likeness (QED) is 0.734. The number of carbonyl (C=O) groups is 1. The average molecular weight is 302 g/mol. The molecule has 0 aromatic carbocycles. The Balaban J connectivity index is 2.04. The lowest BCUT2D eigenvalue weighted by molar-refractivity contribution is -0.140. The van der Waals surface area contributed by atoms with Gasteiger partial charge in [0.2, 0.25) is 0 Å². The van der Waals surface area contributed by atoms with E-state index < -0.39 is 6.10 Å². The Labute approximate surface area is 134 Å². The summed E-state index contributed by atoms with van der Waals surface area (Å²) in [6, 6.07) is 0. The lowest BCUT2D eigenvalue weighted by Gasteiger charge is -2.59. The first-order chi connectivity index (χ1) is 10.1. The fourth-order valence-electron chi connectivity index (χ4n) is 5.89. The maximum Gasteiger partial charge on any atom is 0.134 e. The number of fused-ring (bicyclic) bond motifs is 3. The van der Waals surface area contributed by atoms with E-state index in [0.717, 1.165) is 12.8 Å². The van der Waals surface area contributed by atoms with Crippen LogP contribution in [-0.4, -0.2) is 17.0 Å². The summed E-state index contributed by atoms with van der Waals surface area (Å²) in [4.78, 5) is 12.4. The molecule has 0 heterocycles. The van der Waals surface area contributed by atoms with Crippen molar-refractivity contribution in [2.75, 3.05) is 0 Å². The average Bonchev–Trinajstić information content (AvgIpc) is 2.39. The van der Waals surface area contributed by atoms with Gasteiger partial charge in [-0.3, -0.25) is 4.79 Å². The van der Waals surface area contributed by atoms with E-state index in [1.165, 1.54) is 12.0 Å². The zero-order valence-electron chi connectivity index (χ0n) is 14.5. The molecular formula is C20H30O2. The van der Waals surface area contributed by atoms with Crippen molar-refractivity contribution in [2.24, 2.45) is 28.1 Å². The molecule has 0 bridgehead atoms. The summed E-state index contributed by atoms with van der Waals surface area (Å²) in [5.74, 6) is 1.31. The minimum Gasteiger partial charge on any atom is -0.392 e. The maximum absolute atomic E-state index is 12.4. The molecule has 2 saturated carbocycles. The third kappa shape index (κ3) is 2.14. The molecule has 0 aromatic heterocycles. The van der Waals surface area contributed by atoms with Gasteiger partial charge in [0.1, 0.15) is 5.78 Å². The van der Waals surface area contributed by atoms with Gasteiger partial charge in [-0.05, 0) is 41.9 Å². The monoisotopic (exact) mass is 302 g/mol. The fourth-order valence-corrected chi connectivity index (χ4v) is 5.89. The van der Waals surface area contributed by atoms with Gasteiger partial charge in [-0.25, -0.2) is 0 Å². The van der Waals surface area contributed by atoms with Crippen molar-refractivity contribution in [3.05, 3.63) is 24.3 Å². The first kappa shape index (κ1) is 16.0. The molecule has 0 aliphatic heterocycles. The number of ketones is 1. The topological polar surface area (TPSA) is 37.3 Å². The smallest absolute Gasteiger partial charge is 0.134 e. The highest BCUT2D eigenvalue weighted by Crippen LogP contribution is 2.63. The highest BCUT2D eigenvalue weighted by Gasteiger charge is 2.57. The maximum atomic E-state index is 12.4. The van der Waals surface area contributed by atoms with Crippen molar-refractivity contribution in [1.82, 2.24) is 0 Å². The molecule has 1 N–H and O–H groups in total. The highest BCUT2D eigenvalue weighted by molar-refractivity contribution is 5.81. The summed E-state index contributed by atoms with van der Waals surface area (Å²) in [5.41, 5.74) is 1.23. The number of hydrogen-bond acceptors (Lipinski definition) is 2. The standard InChI is InChI=1S/C20H30O2/c1-6-19(4)10-13-7-8-16-18(2,3)11-14(21)12-20(16,5)15(13)9-17(19)22/h6,10,15-17,22H,1,7-9,11-12H2,2-5H3/t15-,16-,17+,19-,20+/m1/s1. The van der Waals surface area contributed by atoms with E-state index >= 15 is 0 Å². The van der Waals surface area contributed by atoms with Crippen molar-refractivity contribution in [2.45, 2.75) is 65.9 Å². The molecule has 3 aliphatic carbocycles. The summed E-state index contributed by atoms with van der Waals surface area (Å²) in [6.45, 7) is 12.8. The van der Waals surface area contributed by atoms with Crippen LogP contribution in [0.5, 0.6) is 0 Å². The van der Waals surface area contributed by atoms with Gasteiger partial charge in [-0.2, -0.15) is 0 Å². The van der Waals surface area contributed by atoms with Gasteiger partial charge >= 0.3 is 0 Å². The van der Waals surface area contributed by atoms with Crippen molar-refractivity contribution in [3.63, 3.8) is 0 Å². The molecule has 2 heteroatoms. The van der Waals surface area contributed by atoms with Crippen LogP contribution < -0.4 is 0 Å². The lowest BCUT2D eigenvalue weighted by atomic mass is 9.45. The molecule has 0 spiro atoms. The van der Waals surface area contributed by atoms with Gasteiger partial charge in [0.15, 0.2) is 0 Å². The molecule has 0 radical (unpaired) electrons. The van der Waals surface area contributed by atoms with E-state index in [0.29, 0.717) is 30.5 Å². The van der Waals surface area contributed by atoms with E-state index in [1.54, 1.807) is 0 Å². The number of rotatable bonds is 1. The van der Waals surface area contributed by atoms with E-state index in [-0.39, 0.29) is 16.2 Å². The molecule has 2 fully saturated rings. The number of aliphatic hydroxyl groups excluding tert-OH is 1. The minimum absolute atomic E-state index is 0.00635. The Morgan fingerprint density at radius 2 is 1.95 bits per heavy atom. The van der Waals surface area contributed by atoms with Crippen molar-refractivity contribution >= 4 is 5.78 Å². The predicted octanol–water partition coefficient (Wildman–Crippen LogP) is 4.29. The van der Waals surface area contributed by atoms with Crippen LogP contribution in [0.2, 0.25) is 0 Å². The summed E-state index contributed by atoms with van der Waals surface area (Å²) >= 11 is 0. The molecular weight excluding hydrogens is 272 g/mol. The second-order valence-electron chi connectivity index (χ2n) is 9.07. The molecule has 5 atom stereocenters. The molecule has 3 aliphatic rings. The fraction of sp³-hybridized carbons (Fsp3) is 0.750. The van der Waals surface area contributed by atoms with Gasteiger partial charge in [-0.15, -0.1) is 6.58 Å².